The van der Waals surface area contributed by atoms with Gasteiger partial charge in [0, 0.05) is 12.5 Å². The van der Waals surface area contributed by atoms with Gasteiger partial charge < -0.3 is 39.1 Å². The lowest BCUT2D eigenvalue weighted by molar-refractivity contribution is -0.148. The molecule has 4 N–H and O–H groups in total. The molecular weight excluding hydrogens is 492 g/mol. The Morgan fingerprint density at radius 2 is 1.76 bits per heavy atom. The third-order valence-corrected chi connectivity index (χ3v) is 6.74. The summed E-state index contributed by atoms with van der Waals surface area (Å²) in [5, 5.41) is 40.7. The number of ketones is 2. The number of Topliss-reactive ketones (excluding diaryl/α,β-unsaturated/α-hetero) is 2. The molecule has 0 saturated heterocycles. The van der Waals surface area contributed by atoms with Crippen molar-refractivity contribution in [3.8, 4) is 28.7 Å². The molecule has 3 aromatic rings. The number of benzene rings is 2. The lowest BCUT2D eigenvalue weighted by Crippen LogP contribution is -2.40. The van der Waals surface area contributed by atoms with Crippen molar-refractivity contribution in [2.75, 3.05) is 7.11 Å². The SMILES string of the molecule is COc1cc(O)c2c(c1O)C(=O)C1=C(CC3(CCc4cc5cc(C(=O)O)oc(=O)c5c(O)c4O3)O1)C2=O. The zero-order chi connectivity index (χ0) is 26.4. The van der Waals surface area contributed by atoms with Gasteiger partial charge in [0.2, 0.25) is 11.5 Å². The van der Waals surface area contributed by atoms with Gasteiger partial charge in [-0.05, 0) is 29.5 Å². The number of phenolic OH excluding ortho intramolecular Hbond substituents is 3. The molecule has 188 valence electrons. The second-order valence-corrected chi connectivity index (χ2v) is 8.83. The highest BCUT2D eigenvalue weighted by Crippen LogP contribution is 2.52. The molecule has 2 aromatic carbocycles. The van der Waals surface area contributed by atoms with Gasteiger partial charge in [-0.1, -0.05) is 0 Å². The maximum Gasteiger partial charge on any atom is 0.371 e. The number of carbonyl (C=O) groups is 3. The van der Waals surface area contributed by atoms with Crippen molar-refractivity contribution in [1.82, 2.24) is 0 Å². The Morgan fingerprint density at radius 3 is 2.46 bits per heavy atom. The molecule has 6 rings (SSSR count). The summed E-state index contributed by atoms with van der Waals surface area (Å²) in [5.74, 6) is -7.75. The molecule has 12 heteroatoms. The van der Waals surface area contributed by atoms with Crippen LogP contribution in [0.2, 0.25) is 0 Å². The highest BCUT2D eigenvalue weighted by atomic mass is 16.7. The molecule has 12 nitrogen and oxygen atoms in total. The van der Waals surface area contributed by atoms with E-state index in [0.29, 0.717) is 5.56 Å². The van der Waals surface area contributed by atoms with Crippen molar-refractivity contribution in [2.24, 2.45) is 0 Å². The molecule has 3 heterocycles. The molecule has 0 amide bonds. The molecule has 37 heavy (non-hydrogen) atoms. The molecule has 1 aromatic heterocycles. The van der Waals surface area contributed by atoms with E-state index in [1.807, 2.05) is 0 Å². The first-order chi connectivity index (χ1) is 17.5. The lowest BCUT2D eigenvalue weighted by Gasteiger charge is -2.35. The summed E-state index contributed by atoms with van der Waals surface area (Å²) in [6.45, 7) is 0. The number of rotatable bonds is 2. The van der Waals surface area contributed by atoms with Crippen molar-refractivity contribution >= 4 is 28.3 Å². The van der Waals surface area contributed by atoms with Crippen LogP contribution in [-0.4, -0.2) is 50.9 Å². The fourth-order valence-corrected chi connectivity index (χ4v) is 5.05. The zero-order valence-electron chi connectivity index (χ0n) is 18.9. The maximum atomic E-state index is 13.3. The second-order valence-electron chi connectivity index (χ2n) is 8.83. The Morgan fingerprint density at radius 1 is 1.00 bits per heavy atom. The summed E-state index contributed by atoms with van der Waals surface area (Å²) < 4.78 is 21.6. The normalized spacial score (nSPS) is 19.8. The molecule has 3 aliphatic rings. The molecule has 0 saturated carbocycles. The van der Waals surface area contributed by atoms with Gasteiger partial charge >= 0.3 is 11.6 Å². The molecule has 0 radical (unpaired) electrons. The first-order valence-corrected chi connectivity index (χ1v) is 10.9. The fourth-order valence-electron chi connectivity index (χ4n) is 5.05. The van der Waals surface area contributed by atoms with E-state index in [1.54, 1.807) is 0 Å². The lowest BCUT2D eigenvalue weighted by atomic mass is 9.84. The van der Waals surface area contributed by atoms with E-state index in [1.165, 1.54) is 13.2 Å². The number of carboxylic acids is 1. The van der Waals surface area contributed by atoms with Gasteiger partial charge in [0.1, 0.15) is 11.1 Å². The Kier molecular flexibility index (Phi) is 4.41. The number of ether oxygens (including phenoxy) is 3. The van der Waals surface area contributed by atoms with Crippen LogP contribution >= 0.6 is 0 Å². The third kappa shape index (κ3) is 2.95. The first-order valence-electron chi connectivity index (χ1n) is 10.9. The quantitative estimate of drug-likeness (QED) is 0.370. The van der Waals surface area contributed by atoms with Crippen LogP contribution in [0.3, 0.4) is 0 Å². The van der Waals surface area contributed by atoms with Crippen LogP contribution in [0.5, 0.6) is 28.7 Å². The van der Waals surface area contributed by atoms with Gasteiger partial charge in [-0.25, -0.2) is 9.59 Å². The van der Waals surface area contributed by atoms with E-state index in [4.69, 9.17) is 23.7 Å². The molecule has 2 aliphatic heterocycles. The van der Waals surface area contributed by atoms with Crippen LogP contribution in [0.15, 0.2) is 38.7 Å². The number of aromatic carboxylic acids is 1. The number of aryl methyl sites for hydroxylation is 1. The maximum absolute atomic E-state index is 13.3. The number of hydrogen-bond donors (Lipinski definition) is 4. The van der Waals surface area contributed by atoms with Gasteiger partial charge in [0.05, 0.1) is 30.2 Å². The largest absolute Gasteiger partial charge is 0.507 e. The van der Waals surface area contributed by atoms with Gasteiger partial charge in [0.25, 0.3) is 5.79 Å². The average molecular weight is 508 g/mol. The van der Waals surface area contributed by atoms with Crippen LogP contribution in [0.25, 0.3) is 10.8 Å². The summed E-state index contributed by atoms with van der Waals surface area (Å²) in [5.41, 5.74) is -1.59. The predicted molar refractivity (Wildman–Crippen MR) is 121 cm³/mol. The highest BCUT2D eigenvalue weighted by molar-refractivity contribution is 6.28. The van der Waals surface area contributed by atoms with E-state index >= 15 is 0 Å². The minimum Gasteiger partial charge on any atom is -0.507 e. The minimum absolute atomic E-state index is 0.0771. The van der Waals surface area contributed by atoms with Crippen molar-refractivity contribution in [3.63, 3.8) is 0 Å². The van der Waals surface area contributed by atoms with Crippen LogP contribution in [-0.2, 0) is 11.2 Å². The summed E-state index contributed by atoms with van der Waals surface area (Å²) in [7, 11) is 1.22. The van der Waals surface area contributed by atoms with Gasteiger partial charge in [-0.3, -0.25) is 9.59 Å². The third-order valence-electron chi connectivity index (χ3n) is 6.74. The van der Waals surface area contributed by atoms with Crippen molar-refractivity contribution in [3.05, 3.63) is 62.4 Å². The number of aromatic hydroxyl groups is 3. The van der Waals surface area contributed by atoms with Gasteiger partial charge in [-0.15, -0.1) is 0 Å². The number of carboxylic acid groups (broad SMARTS) is 1. The second kappa shape index (κ2) is 7.26. The fraction of sp³-hybridized carbons (Fsp3) is 0.200. The van der Waals surface area contributed by atoms with E-state index in [-0.39, 0.29) is 58.4 Å². The molecule has 1 unspecified atom stereocenters. The highest BCUT2D eigenvalue weighted by Gasteiger charge is 2.53. The van der Waals surface area contributed by atoms with Crippen LogP contribution < -0.4 is 15.1 Å². The Hall–Kier alpha value is -5.00. The van der Waals surface area contributed by atoms with Crippen molar-refractivity contribution in [1.29, 1.82) is 0 Å². The number of fused-ring (bicyclic) bond motifs is 3. The van der Waals surface area contributed by atoms with Crippen LogP contribution in [0, 0.1) is 0 Å². The Bertz CT molecular complexity index is 1710. The molecule has 1 aliphatic carbocycles. The Balaban J connectivity index is 1.41. The van der Waals surface area contributed by atoms with Crippen molar-refractivity contribution in [2.45, 2.75) is 25.0 Å². The number of allylic oxidation sites excluding steroid dienone is 1. The van der Waals surface area contributed by atoms with Crippen LogP contribution in [0.1, 0.15) is 49.7 Å². The number of methoxy groups -OCH3 is 1. The smallest absolute Gasteiger partial charge is 0.371 e. The number of carbonyl (C=O) groups excluding carboxylic acids is 2. The van der Waals surface area contributed by atoms with Gasteiger partial charge in [0.15, 0.2) is 34.5 Å². The Labute approximate surface area is 205 Å². The molecular formula is C25H16O12. The molecule has 1 spiro atoms. The summed E-state index contributed by atoms with van der Waals surface area (Å²) in [6.07, 6.45) is 0.104. The predicted octanol–water partition coefficient (Wildman–Crippen LogP) is 2.39. The van der Waals surface area contributed by atoms with E-state index in [2.05, 4.69) is 0 Å². The topological polar surface area (TPSA) is 190 Å². The first kappa shape index (κ1) is 22.5. The molecule has 1 atom stereocenters. The average Bonchev–Trinajstić information content (AvgIpc) is 3.23. The number of hydrogen-bond acceptors (Lipinski definition) is 11. The van der Waals surface area contributed by atoms with Crippen molar-refractivity contribution < 1.29 is 53.4 Å². The summed E-state index contributed by atoms with van der Waals surface area (Å²) in [4.78, 5) is 50.2. The summed E-state index contributed by atoms with van der Waals surface area (Å²) in [6, 6.07) is 3.61. The standard InChI is InChI=1S/C25H16O12/c1-34-12-6-11(26)15-16(18(12)28)20(30)22-10(17(15)27)7-25(37-22)3-2-8-4-9-5-13(23(31)32)35-24(33)14(9)19(29)21(8)36-25/h4-6,26,28-29H,2-3,7H2,1H3,(H,31,32). The minimum atomic E-state index is -1.60. The summed E-state index contributed by atoms with van der Waals surface area (Å²) >= 11 is 0. The van der Waals surface area contributed by atoms with E-state index in [0.717, 1.165) is 12.1 Å². The monoisotopic (exact) mass is 508 g/mol. The van der Waals surface area contributed by atoms with E-state index in [9.17, 15) is 34.5 Å². The molecule has 0 fully saturated rings. The van der Waals surface area contributed by atoms with E-state index < -0.39 is 57.5 Å². The number of phenols is 3. The molecule has 0 bridgehead atoms. The van der Waals surface area contributed by atoms with Gasteiger partial charge in [-0.2, -0.15) is 0 Å². The van der Waals surface area contributed by atoms with Crippen LogP contribution in [0.4, 0.5) is 0 Å². The zero-order valence-corrected chi connectivity index (χ0v) is 18.9.